The Morgan fingerprint density at radius 1 is 1.00 bits per heavy atom. The largest absolute Gasteiger partial charge is 0.497 e. The lowest BCUT2D eigenvalue weighted by Crippen LogP contribution is -1.95. The molecule has 2 aromatic carbocycles. The Hall–Kier alpha value is -3.33. The first kappa shape index (κ1) is 19.0. The summed E-state index contributed by atoms with van der Waals surface area (Å²) in [6, 6.07) is 15.2. The minimum atomic E-state index is 0.208. The lowest BCUT2D eigenvalue weighted by atomic mass is 10.2. The SMILES string of the molecule is COc1ccc(-c2noc(CSc3nnc(COc4cccc(C)c4)o3)n2)cc1. The van der Waals surface area contributed by atoms with E-state index in [1.807, 2.05) is 55.5 Å². The molecule has 0 aliphatic heterocycles. The Morgan fingerprint density at radius 3 is 2.66 bits per heavy atom. The number of nitrogens with zero attached hydrogens (tertiary/aromatic N) is 4. The fraction of sp³-hybridized carbons (Fsp3) is 0.200. The summed E-state index contributed by atoms with van der Waals surface area (Å²) in [7, 11) is 1.62. The van der Waals surface area contributed by atoms with Crippen molar-refractivity contribution in [3.63, 3.8) is 0 Å². The normalized spacial score (nSPS) is 10.8. The van der Waals surface area contributed by atoms with Crippen LogP contribution in [-0.2, 0) is 12.4 Å². The second-order valence-electron chi connectivity index (χ2n) is 6.10. The highest BCUT2D eigenvalue weighted by Gasteiger charge is 2.13. The molecule has 4 rings (SSSR count). The number of aromatic nitrogens is 4. The summed E-state index contributed by atoms with van der Waals surface area (Å²) >= 11 is 1.32. The predicted octanol–water partition coefficient (Wildman–Crippen LogP) is 4.31. The zero-order chi connectivity index (χ0) is 20.1. The van der Waals surface area contributed by atoms with Gasteiger partial charge in [-0.05, 0) is 48.9 Å². The fourth-order valence-corrected chi connectivity index (χ4v) is 3.12. The van der Waals surface area contributed by atoms with Crippen molar-refractivity contribution in [2.75, 3.05) is 7.11 Å². The molecule has 148 valence electrons. The molecule has 0 bridgehead atoms. The third kappa shape index (κ3) is 4.94. The quantitative estimate of drug-likeness (QED) is 0.394. The van der Waals surface area contributed by atoms with Gasteiger partial charge in [-0.15, -0.1) is 10.2 Å². The molecule has 0 saturated heterocycles. The van der Waals surface area contributed by atoms with Crippen molar-refractivity contribution in [2.45, 2.75) is 24.5 Å². The molecule has 0 aliphatic rings. The number of aryl methyl sites for hydroxylation is 1. The van der Waals surface area contributed by atoms with Gasteiger partial charge in [0.2, 0.25) is 11.7 Å². The number of ether oxygens (including phenoxy) is 2. The van der Waals surface area contributed by atoms with E-state index >= 15 is 0 Å². The molecule has 0 N–H and O–H groups in total. The van der Waals surface area contributed by atoms with Crippen molar-refractivity contribution < 1.29 is 18.4 Å². The Balaban J connectivity index is 1.31. The molecule has 0 radical (unpaired) electrons. The maximum Gasteiger partial charge on any atom is 0.277 e. The van der Waals surface area contributed by atoms with E-state index in [0.29, 0.717) is 28.6 Å². The zero-order valence-electron chi connectivity index (χ0n) is 15.9. The minimum absolute atomic E-state index is 0.208. The van der Waals surface area contributed by atoms with Crippen LogP contribution in [0.1, 0.15) is 17.3 Å². The Kier molecular flexibility index (Phi) is 5.76. The molecule has 2 heterocycles. The van der Waals surface area contributed by atoms with Crippen molar-refractivity contribution in [3.8, 4) is 22.9 Å². The van der Waals surface area contributed by atoms with E-state index < -0.39 is 0 Å². The maximum absolute atomic E-state index is 5.66. The molecule has 0 aliphatic carbocycles. The number of hydrogen-bond acceptors (Lipinski definition) is 9. The number of rotatable bonds is 8. The van der Waals surface area contributed by atoms with E-state index in [2.05, 4.69) is 20.3 Å². The van der Waals surface area contributed by atoms with Crippen LogP contribution in [0, 0.1) is 6.92 Å². The molecular formula is C20H18N4O4S. The lowest BCUT2D eigenvalue weighted by Gasteiger charge is -2.03. The smallest absolute Gasteiger partial charge is 0.277 e. The van der Waals surface area contributed by atoms with Crippen LogP contribution < -0.4 is 9.47 Å². The molecule has 0 fully saturated rings. The van der Waals surface area contributed by atoms with Crippen LogP contribution in [0.5, 0.6) is 11.5 Å². The van der Waals surface area contributed by atoms with Crippen LogP contribution in [0.25, 0.3) is 11.4 Å². The summed E-state index contributed by atoms with van der Waals surface area (Å²) in [6.07, 6.45) is 0. The van der Waals surface area contributed by atoms with Gasteiger partial charge in [-0.3, -0.25) is 0 Å². The summed E-state index contributed by atoms with van der Waals surface area (Å²) in [5.74, 6) is 3.33. The number of benzene rings is 2. The maximum atomic E-state index is 5.66. The first-order chi connectivity index (χ1) is 14.2. The average molecular weight is 410 g/mol. The topological polar surface area (TPSA) is 96.3 Å². The van der Waals surface area contributed by atoms with E-state index in [1.165, 1.54) is 11.8 Å². The van der Waals surface area contributed by atoms with Gasteiger partial charge >= 0.3 is 0 Å². The fourth-order valence-electron chi connectivity index (χ4n) is 2.50. The van der Waals surface area contributed by atoms with E-state index in [4.69, 9.17) is 18.4 Å². The first-order valence-corrected chi connectivity index (χ1v) is 9.80. The van der Waals surface area contributed by atoms with Gasteiger partial charge in [0.15, 0.2) is 6.61 Å². The van der Waals surface area contributed by atoms with Crippen LogP contribution in [0.4, 0.5) is 0 Å². The van der Waals surface area contributed by atoms with Crippen LogP contribution in [0.15, 0.2) is 62.7 Å². The molecular weight excluding hydrogens is 392 g/mol. The van der Waals surface area contributed by atoms with Gasteiger partial charge in [-0.2, -0.15) is 4.98 Å². The van der Waals surface area contributed by atoms with Crippen LogP contribution in [0.2, 0.25) is 0 Å². The Labute approximate surface area is 171 Å². The van der Waals surface area contributed by atoms with Gasteiger partial charge in [0.05, 0.1) is 12.9 Å². The van der Waals surface area contributed by atoms with Gasteiger partial charge in [0.1, 0.15) is 11.5 Å². The molecule has 9 heteroatoms. The number of thioether (sulfide) groups is 1. The third-order valence-corrected chi connectivity index (χ3v) is 4.74. The Morgan fingerprint density at radius 2 is 1.86 bits per heavy atom. The first-order valence-electron chi connectivity index (χ1n) is 8.81. The van der Waals surface area contributed by atoms with E-state index in [9.17, 15) is 0 Å². The molecule has 2 aromatic heterocycles. The van der Waals surface area contributed by atoms with Crippen molar-refractivity contribution in [3.05, 3.63) is 65.9 Å². The van der Waals surface area contributed by atoms with E-state index in [0.717, 1.165) is 22.6 Å². The molecule has 0 unspecified atom stereocenters. The second kappa shape index (κ2) is 8.78. The molecule has 8 nitrogen and oxygen atoms in total. The highest BCUT2D eigenvalue weighted by atomic mass is 32.2. The lowest BCUT2D eigenvalue weighted by molar-refractivity contribution is 0.252. The van der Waals surface area contributed by atoms with Crippen LogP contribution in [-0.4, -0.2) is 27.4 Å². The summed E-state index contributed by atoms with van der Waals surface area (Å²) in [5, 5.41) is 12.4. The van der Waals surface area contributed by atoms with Gasteiger partial charge in [-0.25, -0.2) is 0 Å². The van der Waals surface area contributed by atoms with Crippen molar-refractivity contribution in [1.82, 2.24) is 20.3 Å². The summed E-state index contributed by atoms with van der Waals surface area (Å²) in [5.41, 5.74) is 1.97. The minimum Gasteiger partial charge on any atom is -0.497 e. The molecule has 0 amide bonds. The van der Waals surface area contributed by atoms with Crippen LogP contribution in [0.3, 0.4) is 0 Å². The van der Waals surface area contributed by atoms with Crippen molar-refractivity contribution in [1.29, 1.82) is 0 Å². The van der Waals surface area contributed by atoms with Crippen molar-refractivity contribution >= 4 is 11.8 Å². The highest BCUT2D eigenvalue weighted by molar-refractivity contribution is 7.98. The second-order valence-corrected chi connectivity index (χ2v) is 7.02. The average Bonchev–Trinajstić information content (AvgIpc) is 3.40. The molecule has 29 heavy (non-hydrogen) atoms. The van der Waals surface area contributed by atoms with Gasteiger partial charge < -0.3 is 18.4 Å². The molecule has 4 aromatic rings. The van der Waals surface area contributed by atoms with Gasteiger partial charge in [-0.1, -0.05) is 29.1 Å². The van der Waals surface area contributed by atoms with Crippen LogP contribution >= 0.6 is 11.8 Å². The van der Waals surface area contributed by atoms with Gasteiger partial charge in [0, 0.05) is 5.56 Å². The summed E-state index contributed by atoms with van der Waals surface area (Å²) < 4.78 is 21.7. The molecule has 0 spiro atoms. The zero-order valence-corrected chi connectivity index (χ0v) is 16.7. The standard InChI is InChI=1S/C20H18N4O4S/c1-13-4-3-5-16(10-13)26-11-17-22-23-20(27-17)29-12-18-21-19(24-28-18)14-6-8-15(25-2)9-7-14/h3-10H,11-12H2,1-2H3. The highest BCUT2D eigenvalue weighted by Crippen LogP contribution is 2.24. The van der Waals surface area contributed by atoms with E-state index in [-0.39, 0.29) is 6.61 Å². The van der Waals surface area contributed by atoms with E-state index in [1.54, 1.807) is 7.11 Å². The summed E-state index contributed by atoms with van der Waals surface area (Å²) in [6.45, 7) is 2.21. The molecule has 0 saturated carbocycles. The Bertz CT molecular complexity index is 1080. The predicted molar refractivity (Wildman–Crippen MR) is 106 cm³/mol. The number of hydrogen-bond donors (Lipinski definition) is 0. The monoisotopic (exact) mass is 410 g/mol. The van der Waals surface area contributed by atoms with Gasteiger partial charge in [0.25, 0.3) is 11.1 Å². The number of methoxy groups -OCH3 is 1. The third-order valence-electron chi connectivity index (χ3n) is 3.94. The molecule has 0 atom stereocenters. The summed E-state index contributed by atoms with van der Waals surface area (Å²) in [4.78, 5) is 4.39. The van der Waals surface area contributed by atoms with Crippen molar-refractivity contribution in [2.24, 2.45) is 0 Å².